The van der Waals surface area contributed by atoms with Gasteiger partial charge in [0.05, 0.1) is 4.92 Å². The molecule has 0 saturated heterocycles. The number of benzene rings is 2. The molecule has 5 nitrogen and oxygen atoms in total. The quantitative estimate of drug-likeness (QED) is 0.677. The van der Waals surface area contributed by atoms with E-state index in [1.54, 1.807) is 37.3 Å². The van der Waals surface area contributed by atoms with Crippen molar-refractivity contribution in [2.24, 2.45) is 0 Å². The number of hydrogen-bond donors (Lipinski definition) is 1. The summed E-state index contributed by atoms with van der Waals surface area (Å²) in [5.74, 6) is 0.698. The summed E-state index contributed by atoms with van der Waals surface area (Å²) in [7, 11) is 0. The number of phenols is 1. The number of aromatic hydroxyl groups is 1. The van der Waals surface area contributed by atoms with Crippen molar-refractivity contribution in [3.63, 3.8) is 0 Å². The zero-order valence-electron chi connectivity index (χ0n) is 10.7. The number of nitro groups is 1. The molecule has 0 heterocycles. The fraction of sp³-hybridized carbons (Fsp3) is 0.143. The molecule has 0 atom stereocenters. The number of nitro benzene ring substituents is 1. The van der Waals surface area contributed by atoms with E-state index in [9.17, 15) is 15.2 Å². The van der Waals surface area contributed by atoms with Gasteiger partial charge < -0.3 is 9.84 Å². The summed E-state index contributed by atoms with van der Waals surface area (Å²) in [6, 6.07) is 9.77. The Morgan fingerprint density at radius 3 is 2.70 bits per heavy atom. The average Bonchev–Trinajstić information content (AvgIpc) is 2.41. The molecule has 0 aliphatic heterocycles. The molecule has 0 bridgehead atoms. The summed E-state index contributed by atoms with van der Waals surface area (Å²) in [6.07, 6.45) is 0. The first-order valence-electron chi connectivity index (χ1n) is 5.84. The number of ether oxygens (including phenoxy) is 1. The van der Waals surface area contributed by atoms with Gasteiger partial charge in [-0.05, 0) is 35.0 Å². The van der Waals surface area contributed by atoms with Gasteiger partial charge in [-0.15, -0.1) is 0 Å². The van der Waals surface area contributed by atoms with Gasteiger partial charge in [0.1, 0.15) is 22.6 Å². The van der Waals surface area contributed by atoms with Crippen molar-refractivity contribution in [1.29, 1.82) is 0 Å². The van der Waals surface area contributed by atoms with Crippen molar-refractivity contribution in [2.75, 3.05) is 0 Å². The van der Waals surface area contributed by atoms with Crippen molar-refractivity contribution in [2.45, 2.75) is 13.5 Å². The van der Waals surface area contributed by atoms with E-state index in [0.717, 1.165) is 0 Å². The summed E-state index contributed by atoms with van der Waals surface area (Å²) >= 11 is 3.22. The normalized spacial score (nSPS) is 10.3. The lowest BCUT2D eigenvalue weighted by atomic mass is 10.2. The Labute approximate surface area is 124 Å². The van der Waals surface area contributed by atoms with Crippen molar-refractivity contribution < 1.29 is 14.8 Å². The monoisotopic (exact) mass is 337 g/mol. The maximum Gasteiger partial charge on any atom is 0.283 e. The van der Waals surface area contributed by atoms with Gasteiger partial charge in [0.2, 0.25) is 0 Å². The highest BCUT2D eigenvalue weighted by Gasteiger charge is 2.15. The largest absolute Gasteiger partial charge is 0.508 e. The van der Waals surface area contributed by atoms with Crippen LogP contribution in [0.3, 0.4) is 0 Å². The molecule has 0 unspecified atom stereocenters. The molecular formula is C14H12BrNO4. The Hall–Kier alpha value is -2.08. The van der Waals surface area contributed by atoms with Crippen molar-refractivity contribution >= 4 is 21.6 Å². The van der Waals surface area contributed by atoms with Gasteiger partial charge in [-0.25, -0.2) is 0 Å². The molecule has 0 aliphatic carbocycles. The van der Waals surface area contributed by atoms with Crippen LogP contribution in [0.5, 0.6) is 11.5 Å². The van der Waals surface area contributed by atoms with E-state index in [1.807, 2.05) is 0 Å². The second-order valence-electron chi connectivity index (χ2n) is 4.20. The van der Waals surface area contributed by atoms with Crippen LogP contribution in [-0.2, 0) is 6.61 Å². The van der Waals surface area contributed by atoms with E-state index in [4.69, 9.17) is 4.74 Å². The Balaban J connectivity index is 2.21. The lowest BCUT2D eigenvalue weighted by molar-refractivity contribution is -0.385. The predicted octanol–water partition coefficient (Wildman–Crippen LogP) is 3.95. The van der Waals surface area contributed by atoms with E-state index in [2.05, 4.69) is 15.9 Å². The third kappa shape index (κ3) is 2.91. The Morgan fingerprint density at radius 1 is 1.30 bits per heavy atom. The Bertz CT molecular complexity index is 658. The molecule has 2 aromatic carbocycles. The summed E-state index contributed by atoms with van der Waals surface area (Å²) < 4.78 is 6.01. The third-order valence-corrected chi connectivity index (χ3v) is 3.81. The first-order valence-corrected chi connectivity index (χ1v) is 6.63. The molecule has 0 aromatic heterocycles. The second-order valence-corrected chi connectivity index (χ2v) is 4.99. The Kier molecular flexibility index (Phi) is 4.24. The van der Waals surface area contributed by atoms with E-state index in [-0.39, 0.29) is 18.0 Å². The van der Waals surface area contributed by atoms with Crippen LogP contribution in [0.25, 0.3) is 0 Å². The van der Waals surface area contributed by atoms with Crippen LogP contribution in [0.2, 0.25) is 0 Å². The highest BCUT2D eigenvalue weighted by Crippen LogP contribution is 2.31. The number of rotatable bonds is 4. The van der Waals surface area contributed by atoms with Crippen molar-refractivity contribution in [1.82, 2.24) is 0 Å². The molecule has 6 heteroatoms. The average molecular weight is 338 g/mol. The van der Waals surface area contributed by atoms with Crippen LogP contribution in [-0.4, -0.2) is 10.0 Å². The number of halogens is 1. The molecule has 1 N–H and O–H groups in total. The van der Waals surface area contributed by atoms with E-state index in [1.165, 1.54) is 6.07 Å². The molecule has 0 radical (unpaired) electrons. The summed E-state index contributed by atoms with van der Waals surface area (Å²) in [5, 5.41) is 20.4. The van der Waals surface area contributed by atoms with Crippen LogP contribution in [0, 0.1) is 17.0 Å². The molecule has 2 aromatic rings. The van der Waals surface area contributed by atoms with Gasteiger partial charge in [-0.1, -0.05) is 18.2 Å². The SMILES string of the molecule is Cc1c(O)cccc1OCc1cccc([N+](=O)[O-])c1Br. The van der Waals surface area contributed by atoms with Gasteiger partial charge in [0.25, 0.3) is 5.69 Å². The molecule has 0 aliphatic rings. The minimum atomic E-state index is -0.451. The predicted molar refractivity (Wildman–Crippen MR) is 78.0 cm³/mol. The molecule has 0 spiro atoms. The second kappa shape index (κ2) is 5.92. The number of nitrogens with zero attached hydrogens (tertiary/aromatic N) is 1. The molecule has 0 fully saturated rings. The zero-order chi connectivity index (χ0) is 14.7. The third-order valence-electron chi connectivity index (χ3n) is 2.89. The van der Waals surface area contributed by atoms with Crippen molar-refractivity contribution in [3.8, 4) is 11.5 Å². The van der Waals surface area contributed by atoms with E-state index >= 15 is 0 Å². The van der Waals surface area contributed by atoms with Crippen LogP contribution in [0.15, 0.2) is 40.9 Å². The maximum atomic E-state index is 10.8. The number of phenolic OH excluding ortho intramolecular Hbond substituents is 1. The van der Waals surface area contributed by atoms with Crippen LogP contribution in [0.1, 0.15) is 11.1 Å². The van der Waals surface area contributed by atoms with E-state index < -0.39 is 4.92 Å². The standard InChI is InChI=1S/C14H12BrNO4/c1-9-12(17)6-3-7-13(9)20-8-10-4-2-5-11(14(10)15)16(18)19/h2-7,17H,8H2,1H3. The van der Waals surface area contributed by atoms with E-state index in [0.29, 0.717) is 21.3 Å². The van der Waals surface area contributed by atoms with Crippen LogP contribution >= 0.6 is 15.9 Å². The molecule has 104 valence electrons. The lowest BCUT2D eigenvalue weighted by Gasteiger charge is -2.11. The molecule has 0 saturated carbocycles. The first-order chi connectivity index (χ1) is 9.50. The van der Waals surface area contributed by atoms with Gasteiger partial charge in [-0.2, -0.15) is 0 Å². The first kappa shape index (κ1) is 14.3. The summed E-state index contributed by atoms with van der Waals surface area (Å²) in [4.78, 5) is 10.4. The molecule has 20 heavy (non-hydrogen) atoms. The minimum absolute atomic E-state index is 0.00118. The fourth-order valence-electron chi connectivity index (χ4n) is 1.73. The Morgan fingerprint density at radius 2 is 2.00 bits per heavy atom. The van der Waals surface area contributed by atoms with Crippen LogP contribution < -0.4 is 4.74 Å². The summed E-state index contributed by atoms with van der Waals surface area (Å²) in [5.41, 5.74) is 1.30. The van der Waals surface area contributed by atoms with Gasteiger partial charge in [-0.3, -0.25) is 10.1 Å². The van der Waals surface area contributed by atoms with Crippen molar-refractivity contribution in [3.05, 3.63) is 62.1 Å². The molecular weight excluding hydrogens is 326 g/mol. The van der Waals surface area contributed by atoms with Gasteiger partial charge in [0.15, 0.2) is 0 Å². The highest BCUT2D eigenvalue weighted by atomic mass is 79.9. The zero-order valence-corrected chi connectivity index (χ0v) is 12.3. The summed E-state index contributed by atoms with van der Waals surface area (Å²) in [6.45, 7) is 1.92. The topological polar surface area (TPSA) is 72.6 Å². The van der Waals surface area contributed by atoms with Crippen LogP contribution in [0.4, 0.5) is 5.69 Å². The lowest BCUT2D eigenvalue weighted by Crippen LogP contribution is -2.00. The maximum absolute atomic E-state index is 10.8. The molecule has 2 rings (SSSR count). The fourth-order valence-corrected chi connectivity index (χ4v) is 2.26. The minimum Gasteiger partial charge on any atom is -0.508 e. The van der Waals surface area contributed by atoms with Gasteiger partial charge >= 0.3 is 0 Å². The smallest absolute Gasteiger partial charge is 0.283 e. The van der Waals surface area contributed by atoms with Gasteiger partial charge in [0, 0.05) is 17.2 Å². The number of hydrogen-bond acceptors (Lipinski definition) is 4. The molecule has 0 amide bonds. The highest BCUT2D eigenvalue weighted by molar-refractivity contribution is 9.10.